The van der Waals surface area contributed by atoms with Crippen LogP contribution in [0.4, 0.5) is 0 Å². The number of hydrogen-bond acceptors (Lipinski definition) is 3. The predicted octanol–water partition coefficient (Wildman–Crippen LogP) is 3.79. The van der Waals surface area contributed by atoms with Crippen molar-refractivity contribution in [1.29, 1.82) is 0 Å². The summed E-state index contributed by atoms with van der Waals surface area (Å²) in [5.41, 5.74) is 3.25. The van der Waals surface area contributed by atoms with E-state index in [2.05, 4.69) is 11.4 Å². The van der Waals surface area contributed by atoms with Crippen LogP contribution in [0.5, 0.6) is 11.5 Å². The van der Waals surface area contributed by atoms with E-state index in [1.165, 1.54) is 0 Å². The minimum atomic E-state index is -0.547. The van der Waals surface area contributed by atoms with Crippen LogP contribution in [0, 0.1) is 13.8 Å². The Bertz CT molecular complexity index is 660. The Hall–Kier alpha value is -2.49. The quantitative estimate of drug-likeness (QED) is 0.842. The number of benzene rings is 2. The summed E-state index contributed by atoms with van der Waals surface area (Å²) in [6.07, 6.45) is -0.547. The molecular weight excluding hydrogens is 302 g/mol. The standard InChI is InChI=1S/C20H25NO3/c1-5-23-18-8-6-17(7-9-18)13-21-20(22)16(4)24-19-11-14(2)10-15(3)12-19/h6-12,16H,5,13H2,1-4H3,(H,21,22)/t16-/m0/s1. The molecule has 0 aliphatic carbocycles. The first-order valence-electron chi connectivity index (χ1n) is 8.22. The number of aryl methyl sites for hydroxylation is 2. The van der Waals surface area contributed by atoms with Gasteiger partial charge in [0, 0.05) is 6.54 Å². The van der Waals surface area contributed by atoms with Gasteiger partial charge in [0.2, 0.25) is 0 Å². The van der Waals surface area contributed by atoms with Crippen LogP contribution >= 0.6 is 0 Å². The fraction of sp³-hybridized carbons (Fsp3) is 0.350. The van der Waals surface area contributed by atoms with E-state index in [1.807, 2.05) is 57.2 Å². The van der Waals surface area contributed by atoms with E-state index in [4.69, 9.17) is 9.47 Å². The molecule has 0 unspecified atom stereocenters. The van der Waals surface area contributed by atoms with Crippen LogP contribution in [0.1, 0.15) is 30.5 Å². The highest BCUT2D eigenvalue weighted by Gasteiger charge is 2.14. The second-order valence-electron chi connectivity index (χ2n) is 5.88. The molecule has 0 radical (unpaired) electrons. The van der Waals surface area contributed by atoms with Crippen LogP contribution in [-0.2, 0) is 11.3 Å². The van der Waals surface area contributed by atoms with Gasteiger partial charge in [-0.1, -0.05) is 18.2 Å². The van der Waals surface area contributed by atoms with Gasteiger partial charge in [0.05, 0.1) is 6.61 Å². The van der Waals surface area contributed by atoms with Crippen molar-refractivity contribution in [2.75, 3.05) is 6.61 Å². The molecule has 1 amide bonds. The Kier molecular flexibility index (Phi) is 6.24. The lowest BCUT2D eigenvalue weighted by Crippen LogP contribution is -2.35. The van der Waals surface area contributed by atoms with Crippen molar-refractivity contribution in [2.24, 2.45) is 0 Å². The van der Waals surface area contributed by atoms with Crippen molar-refractivity contribution in [2.45, 2.75) is 40.3 Å². The van der Waals surface area contributed by atoms with Crippen molar-refractivity contribution >= 4 is 5.91 Å². The van der Waals surface area contributed by atoms with Gasteiger partial charge >= 0.3 is 0 Å². The van der Waals surface area contributed by atoms with Gasteiger partial charge in [-0.15, -0.1) is 0 Å². The number of amides is 1. The topological polar surface area (TPSA) is 47.6 Å². The van der Waals surface area contributed by atoms with Crippen molar-refractivity contribution < 1.29 is 14.3 Å². The molecule has 128 valence electrons. The van der Waals surface area contributed by atoms with Crippen molar-refractivity contribution in [3.8, 4) is 11.5 Å². The van der Waals surface area contributed by atoms with Crippen LogP contribution in [-0.4, -0.2) is 18.6 Å². The third-order valence-electron chi connectivity index (χ3n) is 3.58. The van der Waals surface area contributed by atoms with E-state index in [9.17, 15) is 4.79 Å². The van der Waals surface area contributed by atoms with E-state index in [-0.39, 0.29) is 5.91 Å². The molecule has 24 heavy (non-hydrogen) atoms. The smallest absolute Gasteiger partial charge is 0.261 e. The predicted molar refractivity (Wildman–Crippen MR) is 95.5 cm³/mol. The first-order chi connectivity index (χ1) is 11.5. The fourth-order valence-electron chi connectivity index (χ4n) is 2.46. The van der Waals surface area contributed by atoms with Crippen molar-refractivity contribution in [1.82, 2.24) is 5.32 Å². The number of carbonyl (C=O) groups excluding carboxylic acids is 1. The molecule has 0 heterocycles. The third kappa shape index (κ3) is 5.30. The zero-order valence-electron chi connectivity index (χ0n) is 14.8. The van der Waals surface area contributed by atoms with Gasteiger partial charge in [-0.25, -0.2) is 0 Å². The Morgan fingerprint density at radius 3 is 2.25 bits per heavy atom. The first kappa shape index (κ1) is 17.9. The SMILES string of the molecule is CCOc1ccc(CNC(=O)[C@H](C)Oc2cc(C)cc(C)c2)cc1. The lowest BCUT2D eigenvalue weighted by Gasteiger charge is -2.16. The maximum atomic E-state index is 12.2. The molecule has 1 N–H and O–H groups in total. The van der Waals surface area contributed by atoms with E-state index in [0.29, 0.717) is 13.2 Å². The zero-order valence-corrected chi connectivity index (χ0v) is 14.8. The van der Waals surface area contributed by atoms with E-state index in [1.54, 1.807) is 6.92 Å². The third-order valence-corrected chi connectivity index (χ3v) is 3.58. The van der Waals surface area contributed by atoms with E-state index in [0.717, 1.165) is 28.2 Å². The monoisotopic (exact) mass is 327 g/mol. The van der Waals surface area contributed by atoms with E-state index < -0.39 is 6.10 Å². The summed E-state index contributed by atoms with van der Waals surface area (Å²) in [6.45, 7) is 8.83. The van der Waals surface area contributed by atoms with Gasteiger partial charge in [0.15, 0.2) is 6.10 Å². The maximum absolute atomic E-state index is 12.2. The van der Waals surface area contributed by atoms with Crippen molar-refractivity contribution in [3.63, 3.8) is 0 Å². The molecule has 0 aliphatic rings. The molecule has 0 saturated carbocycles. The Balaban J connectivity index is 1.87. The minimum Gasteiger partial charge on any atom is -0.494 e. The summed E-state index contributed by atoms with van der Waals surface area (Å²) >= 11 is 0. The van der Waals surface area contributed by atoms with Crippen LogP contribution in [0.2, 0.25) is 0 Å². The summed E-state index contributed by atoms with van der Waals surface area (Å²) in [7, 11) is 0. The Labute approximate surface area is 143 Å². The van der Waals surface area contributed by atoms with Gasteiger partial charge in [0.25, 0.3) is 5.91 Å². The average Bonchev–Trinajstić information content (AvgIpc) is 2.53. The largest absolute Gasteiger partial charge is 0.494 e. The zero-order chi connectivity index (χ0) is 17.5. The number of nitrogens with one attached hydrogen (secondary N) is 1. The molecule has 0 aromatic heterocycles. The summed E-state index contributed by atoms with van der Waals surface area (Å²) < 4.78 is 11.1. The van der Waals surface area contributed by atoms with Crippen LogP contribution < -0.4 is 14.8 Å². The molecule has 4 nitrogen and oxygen atoms in total. The minimum absolute atomic E-state index is 0.136. The second-order valence-corrected chi connectivity index (χ2v) is 5.88. The molecule has 0 bridgehead atoms. The normalized spacial score (nSPS) is 11.7. The molecule has 1 atom stereocenters. The van der Waals surface area contributed by atoms with Gasteiger partial charge in [0.1, 0.15) is 11.5 Å². The molecule has 2 aromatic carbocycles. The molecule has 0 spiro atoms. The Morgan fingerprint density at radius 1 is 1.04 bits per heavy atom. The lowest BCUT2D eigenvalue weighted by molar-refractivity contribution is -0.127. The molecule has 2 rings (SSSR count). The fourth-order valence-corrected chi connectivity index (χ4v) is 2.46. The van der Waals surface area contributed by atoms with Gasteiger partial charge in [-0.2, -0.15) is 0 Å². The van der Waals surface area contributed by atoms with Crippen LogP contribution in [0.25, 0.3) is 0 Å². The van der Waals surface area contributed by atoms with Gasteiger partial charge in [-0.3, -0.25) is 4.79 Å². The summed E-state index contributed by atoms with van der Waals surface area (Å²) in [6, 6.07) is 13.6. The Morgan fingerprint density at radius 2 is 1.67 bits per heavy atom. The van der Waals surface area contributed by atoms with Crippen molar-refractivity contribution in [3.05, 3.63) is 59.2 Å². The van der Waals surface area contributed by atoms with E-state index >= 15 is 0 Å². The van der Waals surface area contributed by atoms with Gasteiger partial charge < -0.3 is 14.8 Å². The van der Waals surface area contributed by atoms with Crippen LogP contribution in [0.15, 0.2) is 42.5 Å². The molecule has 2 aromatic rings. The number of ether oxygens (including phenoxy) is 2. The summed E-state index contributed by atoms with van der Waals surface area (Å²) in [5, 5.41) is 2.89. The molecule has 4 heteroatoms. The lowest BCUT2D eigenvalue weighted by atomic mass is 10.1. The molecule has 0 aliphatic heterocycles. The number of rotatable bonds is 7. The summed E-state index contributed by atoms with van der Waals surface area (Å²) in [4.78, 5) is 12.2. The number of carbonyl (C=O) groups is 1. The second kappa shape index (κ2) is 8.39. The van der Waals surface area contributed by atoms with Gasteiger partial charge in [-0.05, 0) is 68.7 Å². The highest BCUT2D eigenvalue weighted by Crippen LogP contribution is 2.18. The highest BCUT2D eigenvalue weighted by atomic mass is 16.5. The molecular formula is C20H25NO3. The maximum Gasteiger partial charge on any atom is 0.261 e. The molecule has 0 saturated heterocycles. The molecule has 0 fully saturated rings. The average molecular weight is 327 g/mol. The highest BCUT2D eigenvalue weighted by molar-refractivity contribution is 5.80. The first-order valence-corrected chi connectivity index (χ1v) is 8.22. The summed E-state index contributed by atoms with van der Waals surface area (Å²) in [5.74, 6) is 1.42. The number of hydrogen-bond donors (Lipinski definition) is 1. The van der Waals surface area contributed by atoms with Crippen LogP contribution in [0.3, 0.4) is 0 Å².